The first-order valence-electron chi connectivity index (χ1n) is 6.79. The van der Waals surface area contributed by atoms with Gasteiger partial charge >= 0.3 is 5.97 Å². The topological polar surface area (TPSA) is 77.8 Å². The van der Waals surface area contributed by atoms with E-state index in [1.54, 1.807) is 12.1 Å². The Morgan fingerprint density at radius 3 is 2.57 bits per heavy atom. The molecular formula is C15H18INO4. The van der Waals surface area contributed by atoms with Crippen molar-refractivity contribution in [3.05, 3.63) is 27.3 Å². The molecule has 0 spiro atoms. The summed E-state index contributed by atoms with van der Waals surface area (Å²) in [5.74, 6) is -1.30. The van der Waals surface area contributed by atoms with E-state index in [9.17, 15) is 19.8 Å². The lowest BCUT2D eigenvalue weighted by Crippen LogP contribution is -2.40. The Labute approximate surface area is 137 Å². The number of aliphatic carboxylic acids is 1. The predicted octanol–water partition coefficient (Wildman–Crippen LogP) is 2.57. The summed E-state index contributed by atoms with van der Waals surface area (Å²) in [6.07, 6.45) is 0.441. The van der Waals surface area contributed by atoms with Crippen LogP contribution in [-0.4, -0.2) is 40.1 Å². The molecule has 2 N–H and O–H groups in total. The van der Waals surface area contributed by atoms with Crippen molar-refractivity contribution in [1.82, 2.24) is 4.90 Å². The van der Waals surface area contributed by atoms with Gasteiger partial charge in [-0.2, -0.15) is 0 Å². The number of amides is 1. The molecule has 5 nitrogen and oxygen atoms in total. The number of benzene rings is 1. The van der Waals surface area contributed by atoms with Crippen molar-refractivity contribution in [2.75, 3.05) is 13.1 Å². The van der Waals surface area contributed by atoms with Gasteiger partial charge in [-0.3, -0.25) is 9.59 Å². The van der Waals surface area contributed by atoms with Crippen LogP contribution in [0.3, 0.4) is 0 Å². The number of carbonyl (C=O) groups is 2. The van der Waals surface area contributed by atoms with Crippen LogP contribution < -0.4 is 0 Å². The summed E-state index contributed by atoms with van der Waals surface area (Å²) in [5.41, 5.74) is -0.667. The summed E-state index contributed by atoms with van der Waals surface area (Å²) < 4.78 is 0.848. The van der Waals surface area contributed by atoms with Gasteiger partial charge < -0.3 is 15.1 Å². The molecule has 1 aliphatic rings. The number of carboxylic acids is 1. The number of aromatic hydroxyl groups is 1. The van der Waals surface area contributed by atoms with Crippen LogP contribution in [0.2, 0.25) is 0 Å². The molecule has 6 heteroatoms. The maximum absolute atomic E-state index is 12.5. The monoisotopic (exact) mass is 403 g/mol. The Bertz CT molecular complexity index is 587. The lowest BCUT2D eigenvalue weighted by atomic mass is 9.76. The van der Waals surface area contributed by atoms with E-state index in [2.05, 4.69) is 22.6 Å². The zero-order valence-electron chi connectivity index (χ0n) is 12.0. The van der Waals surface area contributed by atoms with E-state index in [0.29, 0.717) is 13.0 Å². The van der Waals surface area contributed by atoms with Crippen LogP contribution >= 0.6 is 22.6 Å². The molecule has 1 atom stereocenters. The van der Waals surface area contributed by atoms with Crippen LogP contribution in [0, 0.1) is 14.9 Å². The summed E-state index contributed by atoms with van der Waals surface area (Å²) in [4.78, 5) is 25.7. The third-order valence-electron chi connectivity index (χ3n) is 4.31. The van der Waals surface area contributed by atoms with Crippen LogP contribution in [0.1, 0.15) is 30.6 Å². The highest BCUT2D eigenvalue weighted by atomic mass is 127. The number of rotatable bonds is 3. The summed E-state index contributed by atoms with van der Waals surface area (Å²) in [7, 11) is 0. The van der Waals surface area contributed by atoms with Gasteiger partial charge in [0.1, 0.15) is 5.75 Å². The van der Waals surface area contributed by atoms with E-state index in [4.69, 9.17) is 0 Å². The van der Waals surface area contributed by atoms with Gasteiger partial charge in [-0.25, -0.2) is 0 Å². The molecule has 114 valence electrons. The molecule has 0 radical (unpaired) electrons. The normalized spacial score (nSPS) is 21.8. The average Bonchev–Trinajstić information content (AvgIpc) is 2.87. The third kappa shape index (κ3) is 2.86. The number of carbonyl (C=O) groups excluding carboxylic acids is 1. The second kappa shape index (κ2) is 5.82. The van der Waals surface area contributed by atoms with Gasteiger partial charge in [-0.05, 0) is 53.1 Å². The smallest absolute Gasteiger partial charge is 0.311 e. The minimum absolute atomic E-state index is 0.0580. The minimum Gasteiger partial charge on any atom is -0.507 e. The Morgan fingerprint density at radius 1 is 1.38 bits per heavy atom. The number of nitrogens with zero attached hydrogens (tertiary/aromatic N) is 1. The van der Waals surface area contributed by atoms with E-state index in [-0.39, 0.29) is 29.7 Å². The first-order chi connectivity index (χ1) is 9.78. The molecule has 0 bridgehead atoms. The number of carboxylic acid groups (broad SMARTS) is 1. The molecule has 1 amide bonds. The quantitative estimate of drug-likeness (QED) is 0.761. The Kier molecular flexibility index (Phi) is 4.46. The van der Waals surface area contributed by atoms with Gasteiger partial charge in [0.2, 0.25) is 0 Å². The number of phenolic OH excluding ortho intramolecular Hbond substituents is 1. The minimum atomic E-state index is -0.896. The van der Waals surface area contributed by atoms with Crippen molar-refractivity contribution in [3.63, 3.8) is 0 Å². The fourth-order valence-corrected chi connectivity index (χ4v) is 3.24. The molecule has 1 aromatic rings. The fraction of sp³-hybridized carbons (Fsp3) is 0.467. The first kappa shape index (κ1) is 16.1. The number of halogens is 1. The molecule has 1 aromatic carbocycles. The van der Waals surface area contributed by atoms with E-state index in [1.165, 1.54) is 11.0 Å². The van der Waals surface area contributed by atoms with Crippen LogP contribution in [0.15, 0.2) is 18.2 Å². The van der Waals surface area contributed by atoms with E-state index in [0.717, 1.165) is 3.57 Å². The zero-order valence-corrected chi connectivity index (χ0v) is 14.1. The summed E-state index contributed by atoms with van der Waals surface area (Å²) in [6, 6.07) is 4.82. The summed E-state index contributed by atoms with van der Waals surface area (Å²) in [5, 5.41) is 19.4. The maximum atomic E-state index is 12.5. The molecule has 1 unspecified atom stereocenters. The van der Waals surface area contributed by atoms with Crippen LogP contribution in [0.25, 0.3) is 0 Å². The van der Waals surface area contributed by atoms with Crippen molar-refractivity contribution in [2.45, 2.75) is 20.3 Å². The largest absolute Gasteiger partial charge is 0.507 e. The molecule has 21 heavy (non-hydrogen) atoms. The Balaban J connectivity index is 2.27. The second-order valence-corrected chi connectivity index (χ2v) is 7.00. The standard InChI is InChI=1S/C15H18INO4/c1-9(2)15(14(20)21)5-6-17(8-15)13(19)11-7-10(16)3-4-12(11)18/h3-4,7,9,18H,5-6,8H2,1-2H3,(H,20,21). The maximum Gasteiger partial charge on any atom is 0.311 e. The van der Waals surface area contributed by atoms with Crippen molar-refractivity contribution >= 4 is 34.5 Å². The van der Waals surface area contributed by atoms with Crippen molar-refractivity contribution in [2.24, 2.45) is 11.3 Å². The van der Waals surface area contributed by atoms with Gasteiger partial charge in [0, 0.05) is 16.7 Å². The van der Waals surface area contributed by atoms with Crippen LogP contribution in [0.5, 0.6) is 5.75 Å². The number of likely N-dealkylation sites (tertiary alicyclic amines) is 1. The lowest BCUT2D eigenvalue weighted by molar-refractivity contribution is -0.150. The number of hydrogen-bond donors (Lipinski definition) is 2. The average molecular weight is 403 g/mol. The van der Waals surface area contributed by atoms with E-state index >= 15 is 0 Å². The van der Waals surface area contributed by atoms with Crippen LogP contribution in [-0.2, 0) is 4.79 Å². The second-order valence-electron chi connectivity index (χ2n) is 5.75. The van der Waals surface area contributed by atoms with Gasteiger partial charge in [0.05, 0.1) is 11.0 Å². The van der Waals surface area contributed by atoms with E-state index < -0.39 is 11.4 Å². The van der Waals surface area contributed by atoms with Gasteiger partial charge in [-0.1, -0.05) is 13.8 Å². The molecular weight excluding hydrogens is 385 g/mol. The summed E-state index contributed by atoms with van der Waals surface area (Å²) in [6.45, 7) is 4.31. The molecule has 0 aliphatic carbocycles. The van der Waals surface area contributed by atoms with Crippen molar-refractivity contribution in [1.29, 1.82) is 0 Å². The van der Waals surface area contributed by atoms with Gasteiger partial charge in [0.25, 0.3) is 5.91 Å². The Hall–Kier alpha value is -1.31. The highest BCUT2D eigenvalue weighted by Crippen LogP contribution is 2.39. The summed E-state index contributed by atoms with van der Waals surface area (Å²) >= 11 is 2.07. The van der Waals surface area contributed by atoms with Gasteiger partial charge in [-0.15, -0.1) is 0 Å². The highest BCUT2D eigenvalue weighted by Gasteiger charge is 2.48. The highest BCUT2D eigenvalue weighted by molar-refractivity contribution is 14.1. The van der Waals surface area contributed by atoms with E-state index in [1.807, 2.05) is 13.8 Å². The lowest BCUT2D eigenvalue weighted by Gasteiger charge is -2.28. The predicted molar refractivity (Wildman–Crippen MR) is 86.3 cm³/mol. The molecule has 0 aromatic heterocycles. The molecule has 2 rings (SSSR count). The molecule has 1 heterocycles. The molecule has 1 aliphatic heterocycles. The molecule has 1 fully saturated rings. The van der Waals surface area contributed by atoms with Crippen molar-refractivity contribution < 1.29 is 19.8 Å². The molecule has 0 saturated carbocycles. The zero-order chi connectivity index (χ0) is 15.8. The number of phenols is 1. The fourth-order valence-electron chi connectivity index (χ4n) is 2.75. The van der Waals surface area contributed by atoms with Gasteiger partial charge in [0.15, 0.2) is 0 Å². The number of hydrogen-bond acceptors (Lipinski definition) is 3. The SMILES string of the molecule is CC(C)C1(C(=O)O)CCN(C(=O)c2cc(I)ccc2O)C1. The van der Waals surface area contributed by atoms with Crippen LogP contribution in [0.4, 0.5) is 0 Å². The molecule has 1 saturated heterocycles. The Morgan fingerprint density at radius 2 is 2.05 bits per heavy atom. The third-order valence-corrected chi connectivity index (χ3v) is 4.98. The van der Waals surface area contributed by atoms with Crippen molar-refractivity contribution in [3.8, 4) is 5.75 Å². The first-order valence-corrected chi connectivity index (χ1v) is 7.87.